The zero-order valence-corrected chi connectivity index (χ0v) is 16.4. The van der Waals surface area contributed by atoms with Crippen molar-refractivity contribution in [1.29, 1.82) is 0 Å². The molecule has 2 aromatic rings. The Kier molecular flexibility index (Phi) is 6.71. The van der Waals surface area contributed by atoms with Crippen molar-refractivity contribution < 1.29 is 17.9 Å². The van der Waals surface area contributed by atoms with Gasteiger partial charge in [0.2, 0.25) is 10.0 Å². The van der Waals surface area contributed by atoms with Crippen LogP contribution in [0.1, 0.15) is 6.42 Å². The molecule has 6 nitrogen and oxygen atoms in total. The minimum atomic E-state index is -3.45. The fraction of sp³-hybridized carbons (Fsp3) is 0.400. The van der Waals surface area contributed by atoms with E-state index in [2.05, 4.69) is 4.90 Å². The zero-order chi connectivity index (χ0) is 19.1. The lowest BCUT2D eigenvalue weighted by molar-refractivity contribution is 0.174. The van der Waals surface area contributed by atoms with Gasteiger partial charge in [-0.2, -0.15) is 4.31 Å². The molecule has 0 N–H and O–H groups in total. The van der Waals surface area contributed by atoms with Crippen molar-refractivity contribution in [2.45, 2.75) is 11.3 Å². The van der Waals surface area contributed by atoms with Crippen LogP contribution < -0.4 is 9.47 Å². The van der Waals surface area contributed by atoms with Crippen molar-refractivity contribution in [3.63, 3.8) is 0 Å². The number of hydrogen-bond acceptors (Lipinski definition) is 5. The molecule has 0 radical (unpaired) electrons. The summed E-state index contributed by atoms with van der Waals surface area (Å²) >= 11 is 0. The Morgan fingerprint density at radius 2 is 1.56 bits per heavy atom. The maximum Gasteiger partial charge on any atom is 0.243 e. The highest BCUT2D eigenvalue weighted by atomic mass is 32.2. The summed E-state index contributed by atoms with van der Waals surface area (Å²) in [6.07, 6.45) is 0.917. The second-order valence-electron chi connectivity index (χ2n) is 6.44. The largest absolute Gasteiger partial charge is 0.497 e. The minimum absolute atomic E-state index is 0.313. The summed E-state index contributed by atoms with van der Waals surface area (Å²) in [5, 5.41) is 0. The van der Waals surface area contributed by atoms with Crippen molar-refractivity contribution in [3.05, 3.63) is 54.6 Å². The Labute approximate surface area is 161 Å². The monoisotopic (exact) mass is 390 g/mol. The molecule has 1 aliphatic rings. The lowest BCUT2D eigenvalue weighted by Gasteiger charge is -2.33. The predicted octanol–water partition coefficient (Wildman–Crippen LogP) is 2.47. The van der Waals surface area contributed by atoms with Gasteiger partial charge in [-0.15, -0.1) is 0 Å². The number of nitrogens with zero attached hydrogens (tertiary/aromatic N) is 2. The van der Waals surface area contributed by atoms with Crippen LogP contribution in [-0.2, 0) is 10.0 Å². The van der Waals surface area contributed by atoms with Gasteiger partial charge >= 0.3 is 0 Å². The molecule has 1 saturated heterocycles. The number of sulfonamides is 1. The summed E-state index contributed by atoms with van der Waals surface area (Å²) in [5.41, 5.74) is 0. The molecule has 1 heterocycles. The highest BCUT2D eigenvalue weighted by Gasteiger charge is 2.28. The van der Waals surface area contributed by atoms with Crippen LogP contribution in [0.2, 0.25) is 0 Å². The molecular formula is C20H26N2O4S. The molecule has 0 unspecified atom stereocenters. The summed E-state index contributed by atoms with van der Waals surface area (Å²) in [7, 11) is -1.88. The van der Waals surface area contributed by atoms with E-state index in [4.69, 9.17) is 9.47 Å². The van der Waals surface area contributed by atoms with E-state index in [-0.39, 0.29) is 0 Å². The standard InChI is InChI=1S/C20H26N2O4S/c1-25-18-8-10-20(11-9-18)27(23,24)22-15-13-21(14-16-22)12-5-17-26-19-6-3-2-4-7-19/h2-4,6-11H,5,12-17H2,1H3. The first kappa shape index (κ1) is 19.7. The predicted molar refractivity (Wildman–Crippen MR) is 105 cm³/mol. The number of piperazine rings is 1. The summed E-state index contributed by atoms with van der Waals surface area (Å²) < 4.78 is 37.9. The van der Waals surface area contributed by atoms with Gasteiger partial charge in [-0.05, 0) is 42.8 Å². The van der Waals surface area contributed by atoms with Crippen molar-refractivity contribution in [2.75, 3.05) is 46.4 Å². The van der Waals surface area contributed by atoms with Crippen LogP contribution in [0.5, 0.6) is 11.5 Å². The van der Waals surface area contributed by atoms with Crippen molar-refractivity contribution in [1.82, 2.24) is 9.21 Å². The van der Waals surface area contributed by atoms with E-state index in [9.17, 15) is 8.42 Å². The smallest absolute Gasteiger partial charge is 0.243 e. The van der Waals surface area contributed by atoms with Gasteiger partial charge in [0, 0.05) is 32.7 Å². The Morgan fingerprint density at radius 3 is 2.19 bits per heavy atom. The van der Waals surface area contributed by atoms with E-state index in [1.165, 1.54) is 0 Å². The summed E-state index contributed by atoms with van der Waals surface area (Å²) in [6, 6.07) is 16.3. The second kappa shape index (κ2) is 9.21. The van der Waals surface area contributed by atoms with Gasteiger partial charge in [0.1, 0.15) is 11.5 Å². The first-order valence-electron chi connectivity index (χ1n) is 9.14. The number of para-hydroxylation sites is 1. The topological polar surface area (TPSA) is 59.1 Å². The second-order valence-corrected chi connectivity index (χ2v) is 8.37. The lowest BCUT2D eigenvalue weighted by atomic mass is 10.3. The average Bonchev–Trinajstić information content (AvgIpc) is 2.72. The molecule has 0 amide bonds. The summed E-state index contributed by atoms with van der Waals surface area (Å²) in [6.45, 7) is 4.06. The SMILES string of the molecule is COc1ccc(S(=O)(=O)N2CCN(CCCOc3ccccc3)CC2)cc1. The fourth-order valence-electron chi connectivity index (χ4n) is 3.09. The lowest BCUT2D eigenvalue weighted by Crippen LogP contribution is -2.48. The van der Waals surface area contributed by atoms with Crippen molar-refractivity contribution >= 4 is 10.0 Å². The quantitative estimate of drug-likeness (QED) is 0.648. The fourth-order valence-corrected chi connectivity index (χ4v) is 4.51. The van der Waals surface area contributed by atoms with Crippen LogP contribution in [0.25, 0.3) is 0 Å². The normalized spacial score (nSPS) is 16.2. The number of hydrogen-bond donors (Lipinski definition) is 0. The van der Waals surface area contributed by atoms with Gasteiger partial charge in [0.25, 0.3) is 0 Å². The molecule has 1 fully saturated rings. The molecule has 0 aromatic heterocycles. The van der Waals surface area contributed by atoms with E-state index in [1.54, 1.807) is 35.7 Å². The third-order valence-corrected chi connectivity index (χ3v) is 6.57. The molecule has 7 heteroatoms. The molecular weight excluding hydrogens is 364 g/mol. The Hall–Kier alpha value is -2.09. The maximum absolute atomic E-state index is 12.8. The van der Waals surface area contributed by atoms with Gasteiger partial charge in [0.05, 0.1) is 18.6 Å². The number of ether oxygens (including phenoxy) is 2. The molecule has 0 saturated carbocycles. The molecule has 27 heavy (non-hydrogen) atoms. The Bertz CT molecular complexity index is 802. The highest BCUT2D eigenvalue weighted by Crippen LogP contribution is 2.20. The van der Waals surface area contributed by atoms with Gasteiger partial charge in [-0.25, -0.2) is 8.42 Å². The minimum Gasteiger partial charge on any atom is -0.497 e. The highest BCUT2D eigenvalue weighted by molar-refractivity contribution is 7.89. The summed E-state index contributed by atoms with van der Waals surface area (Å²) in [4.78, 5) is 2.60. The van der Waals surface area contributed by atoms with E-state index in [1.807, 2.05) is 30.3 Å². The molecule has 0 spiro atoms. The maximum atomic E-state index is 12.8. The van der Waals surface area contributed by atoms with Gasteiger partial charge in [0.15, 0.2) is 0 Å². The van der Waals surface area contributed by atoms with Crippen LogP contribution in [0, 0.1) is 0 Å². The van der Waals surface area contributed by atoms with Crippen molar-refractivity contribution in [3.8, 4) is 11.5 Å². The third-order valence-electron chi connectivity index (χ3n) is 4.66. The molecule has 1 aliphatic heterocycles. The van der Waals surface area contributed by atoms with Crippen LogP contribution in [0.3, 0.4) is 0 Å². The Balaban J connectivity index is 1.43. The number of rotatable bonds is 8. The first-order valence-corrected chi connectivity index (χ1v) is 10.6. The van der Waals surface area contributed by atoms with Crippen LogP contribution in [0.15, 0.2) is 59.5 Å². The first-order chi connectivity index (χ1) is 13.1. The van der Waals surface area contributed by atoms with E-state index in [0.717, 1.165) is 31.8 Å². The van der Waals surface area contributed by atoms with E-state index < -0.39 is 10.0 Å². The molecule has 2 aromatic carbocycles. The van der Waals surface area contributed by atoms with Crippen LogP contribution in [0.4, 0.5) is 0 Å². The Morgan fingerprint density at radius 1 is 0.889 bits per heavy atom. The van der Waals surface area contributed by atoms with Gasteiger partial charge in [-0.3, -0.25) is 0 Å². The molecule has 0 atom stereocenters. The van der Waals surface area contributed by atoms with Gasteiger partial charge < -0.3 is 14.4 Å². The van der Waals surface area contributed by atoms with Crippen molar-refractivity contribution in [2.24, 2.45) is 0 Å². The molecule has 146 valence electrons. The van der Waals surface area contributed by atoms with Crippen LogP contribution >= 0.6 is 0 Å². The summed E-state index contributed by atoms with van der Waals surface area (Å²) in [5.74, 6) is 1.53. The number of benzene rings is 2. The average molecular weight is 391 g/mol. The molecule has 3 rings (SSSR count). The van der Waals surface area contributed by atoms with E-state index in [0.29, 0.717) is 30.3 Å². The molecule has 0 bridgehead atoms. The zero-order valence-electron chi connectivity index (χ0n) is 15.6. The van der Waals surface area contributed by atoms with E-state index >= 15 is 0 Å². The molecule has 0 aliphatic carbocycles. The van der Waals surface area contributed by atoms with Crippen LogP contribution in [-0.4, -0.2) is 64.1 Å². The van der Waals surface area contributed by atoms with Gasteiger partial charge in [-0.1, -0.05) is 18.2 Å². The number of methoxy groups -OCH3 is 1. The third kappa shape index (κ3) is 5.22.